The Morgan fingerprint density at radius 2 is 1.93 bits per heavy atom. The first-order valence-corrected chi connectivity index (χ1v) is 7.16. The molecule has 0 aromatic heterocycles. The lowest BCUT2D eigenvalue weighted by Gasteiger charge is -2.49. The quantitative estimate of drug-likeness (QED) is 0.785. The molecule has 1 aliphatic heterocycles. The summed E-state index contributed by atoms with van der Waals surface area (Å²) in [7, 11) is 0. The molecule has 0 radical (unpaired) electrons. The lowest BCUT2D eigenvalue weighted by Crippen LogP contribution is -2.59. The zero-order valence-corrected chi connectivity index (χ0v) is 10.9. The van der Waals surface area contributed by atoms with E-state index in [0.717, 1.165) is 6.54 Å². The highest BCUT2D eigenvalue weighted by Crippen LogP contribution is 2.40. The standard InChI is InChI=1S/C12H24N2S/c1-11(2)6-7-14(8-9-15-11)12(10-13)4-3-5-12/h3-10,13H2,1-2H3. The van der Waals surface area contributed by atoms with E-state index in [1.807, 2.05) is 0 Å². The molecule has 1 aliphatic carbocycles. The fourth-order valence-corrected chi connectivity index (χ4v) is 3.83. The highest BCUT2D eigenvalue weighted by atomic mass is 32.2. The Balaban J connectivity index is 1.98. The first kappa shape index (κ1) is 11.7. The molecule has 0 amide bonds. The maximum absolute atomic E-state index is 5.97. The lowest BCUT2D eigenvalue weighted by atomic mass is 9.75. The van der Waals surface area contributed by atoms with Gasteiger partial charge in [0.2, 0.25) is 0 Å². The first-order chi connectivity index (χ1) is 7.08. The average Bonchev–Trinajstić information content (AvgIpc) is 2.27. The van der Waals surface area contributed by atoms with Gasteiger partial charge in [0.15, 0.2) is 0 Å². The zero-order chi connectivity index (χ0) is 10.9. The molecule has 0 unspecified atom stereocenters. The van der Waals surface area contributed by atoms with Crippen molar-refractivity contribution < 1.29 is 0 Å². The van der Waals surface area contributed by atoms with E-state index in [0.29, 0.717) is 10.3 Å². The molecule has 0 atom stereocenters. The Hall–Kier alpha value is 0.270. The predicted octanol–water partition coefficient (Wildman–Crippen LogP) is 2.09. The normalized spacial score (nSPS) is 30.6. The van der Waals surface area contributed by atoms with Crippen LogP contribution in [0.25, 0.3) is 0 Å². The molecule has 2 N–H and O–H groups in total. The summed E-state index contributed by atoms with van der Waals surface area (Å²) in [6, 6.07) is 0. The molecule has 2 fully saturated rings. The second-order valence-corrected chi connectivity index (χ2v) is 7.43. The summed E-state index contributed by atoms with van der Waals surface area (Å²) in [6.45, 7) is 8.09. The summed E-state index contributed by atoms with van der Waals surface area (Å²) in [4.78, 5) is 2.68. The maximum Gasteiger partial charge on any atom is 0.0332 e. The molecule has 15 heavy (non-hydrogen) atoms. The van der Waals surface area contributed by atoms with Crippen LogP contribution in [0.1, 0.15) is 39.5 Å². The van der Waals surface area contributed by atoms with Crippen molar-refractivity contribution in [3.05, 3.63) is 0 Å². The predicted molar refractivity (Wildman–Crippen MR) is 68.4 cm³/mol. The van der Waals surface area contributed by atoms with Crippen LogP contribution < -0.4 is 5.73 Å². The van der Waals surface area contributed by atoms with Gasteiger partial charge in [0.1, 0.15) is 0 Å². The van der Waals surface area contributed by atoms with Crippen molar-refractivity contribution >= 4 is 11.8 Å². The zero-order valence-electron chi connectivity index (χ0n) is 10.1. The number of hydrogen-bond donors (Lipinski definition) is 1. The topological polar surface area (TPSA) is 29.3 Å². The van der Waals surface area contributed by atoms with E-state index in [4.69, 9.17) is 5.73 Å². The Kier molecular flexibility index (Phi) is 3.34. The van der Waals surface area contributed by atoms with Gasteiger partial charge in [-0.3, -0.25) is 4.90 Å². The van der Waals surface area contributed by atoms with E-state index in [1.54, 1.807) is 0 Å². The molecule has 1 saturated heterocycles. The summed E-state index contributed by atoms with van der Waals surface area (Å²) in [5.41, 5.74) is 6.36. The van der Waals surface area contributed by atoms with Crippen molar-refractivity contribution in [2.45, 2.75) is 49.8 Å². The van der Waals surface area contributed by atoms with Crippen LogP contribution >= 0.6 is 11.8 Å². The van der Waals surface area contributed by atoms with Crippen LogP contribution in [0.2, 0.25) is 0 Å². The van der Waals surface area contributed by atoms with Gasteiger partial charge in [0.05, 0.1) is 0 Å². The van der Waals surface area contributed by atoms with Gasteiger partial charge in [0.25, 0.3) is 0 Å². The lowest BCUT2D eigenvalue weighted by molar-refractivity contribution is 0.0279. The summed E-state index contributed by atoms with van der Waals surface area (Å²) >= 11 is 2.12. The fourth-order valence-electron chi connectivity index (χ4n) is 2.73. The number of nitrogens with two attached hydrogens (primary N) is 1. The monoisotopic (exact) mass is 228 g/mol. The molecular weight excluding hydrogens is 204 g/mol. The van der Waals surface area contributed by atoms with Crippen LogP contribution in [0.5, 0.6) is 0 Å². The molecule has 2 rings (SSSR count). The highest BCUT2D eigenvalue weighted by Gasteiger charge is 2.42. The molecular formula is C12H24N2S. The second-order valence-electron chi connectivity index (χ2n) is 5.63. The van der Waals surface area contributed by atoms with Crippen LogP contribution in [0.15, 0.2) is 0 Å². The van der Waals surface area contributed by atoms with Gasteiger partial charge in [-0.15, -0.1) is 0 Å². The number of nitrogens with zero attached hydrogens (tertiary/aromatic N) is 1. The van der Waals surface area contributed by atoms with Crippen LogP contribution in [0, 0.1) is 0 Å². The third-order valence-electron chi connectivity index (χ3n) is 4.17. The van der Waals surface area contributed by atoms with Gasteiger partial charge in [-0.1, -0.05) is 13.8 Å². The highest BCUT2D eigenvalue weighted by molar-refractivity contribution is 8.00. The van der Waals surface area contributed by atoms with Crippen molar-refractivity contribution in [3.63, 3.8) is 0 Å². The van der Waals surface area contributed by atoms with Crippen molar-refractivity contribution in [3.8, 4) is 0 Å². The maximum atomic E-state index is 5.97. The third-order valence-corrected chi connectivity index (χ3v) is 5.55. The Morgan fingerprint density at radius 3 is 2.47 bits per heavy atom. The molecule has 2 nitrogen and oxygen atoms in total. The average molecular weight is 228 g/mol. The Morgan fingerprint density at radius 1 is 1.20 bits per heavy atom. The van der Waals surface area contributed by atoms with Crippen molar-refractivity contribution in [2.24, 2.45) is 5.73 Å². The van der Waals surface area contributed by atoms with Crippen LogP contribution in [-0.4, -0.2) is 40.6 Å². The molecule has 1 heterocycles. The molecule has 0 aromatic rings. The van der Waals surface area contributed by atoms with E-state index in [9.17, 15) is 0 Å². The van der Waals surface area contributed by atoms with E-state index >= 15 is 0 Å². The fraction of sp³-hybridized carbons (Fsp3) is 1.00. The van der Waals surface area contributed by atoms with E-state index in [2.05, 4.69) is 30.5 Å². The first-order valence-electron chi connectivity index (χ1n) is 6.17. The molecule has 0 bridgehead atoms. The summed E-state index contributed by atoms with van der Waals surface area (Å²) in [6.07, 6.45) is 5.34. The van der Waals surface area contributed by atoms with Gasteiger partial charge in [0, 0.05) is 35.7 Å². The largest absolute Gasteiger partial charge is 0.329 e. The van der Waals surface area contributed by atoms with Crippen LogP contribution in [0.4, 0.5) is 0 Å². The summed E-state index contributed by atoms with van der Waals surface area (Å²) < 4.78 is 0.467. The Bertz CT molecular complexity index is 218. The van der Waals surface area contributed by atoms with Gasteiger partial charge in [-0.25, -0.2) is 0 Å². The van der Waals surface area contributed by atoms with Crippen LogP contribution in [-0.2, 0) is 0 Å². The number of hydrogen-bond acceptors (Lipinski definition) is 3. The number of thioether (sulfide) groups is 1. The Labute approximate surface area is 98.0 Å². The molecule has 0 spiro atoms. The molecule has 3 heteroatoms. The van der Waals surface area contributed by atoms with Gasteiger partial charge in [-0.2, -0.15) is 11.8 Å². The van der Waals surface area contributed by atoms with Crippen molar-refractivity contribution in [1.29, 1.82) is 0 Å². The van der Waals surface area contributed by atoms with Crippen molar-refractivity contribution in [2.75, 3.05) is 25.4 Å². The summed E-state index contributed by atoms with van der Waals surface area (Å²) in [5, 5.41) is 0. The van der Waals surface area contributed by atoms with Crippen molar-refractivity contribution in [1.82, 2.24) is 4.90 Å². The second kappa shape index (κ2) is 4.27. The van der Waals surface area contributed by atoms with E-state index in [1.165, 1.54) is 44.5 Å². The molecule has 2 aliphatic rings. The minimum absolute atomic E-state index is 0.390. The SMILES string of the molecule is CC1(C)CCN(C2(CN)CCC2)CCS1. The van der Waals surface area contributed by atoms with Crippen LogP contribution in [0.3, 0.4) is 0 Å². The number of rotatable bonds is 2. The molecule has 88 valence electrons. The minimum atomic E-state index is 0.390. The van der Waals surface area contributed by atoms with Gasteiger partial charge < -0.3 is 5.73 Å². The third kappa shape index (κ3) is 2.34. The minimum Gasteiger partial charge on any atom is -0.329 e. The van der Waals surface area contributed by atoms with Gasteiger partial charge in [-0.05, 0) is 25.7 Å². The smallest absolute Gasteiger partial charge is 0.0332 e. The van der Waals surface area contributed by atoms with E-state index < -0.39 is 0 Å². The van der Waals surface area contributed by atoms with Gasteiger partial charge >= 0.3 is 0 Å². The molecule has 1 saturated carbocycles. The molecule has 0 aromatic carbocycles. The summed E-state index contributed by atoms with van der Waals surface area (Å²) in [5.74, 6) is 1.27. The van der Waals surface area contributed by atoms with E-state index in [-0.39, 0.29) is 0 Å².